The molecule has 1 rings (SSSR count). The van der Waals surface area contributed by atoms with Gasteiger partial charge in [-0.1, -0.05) is 13.8 Å². The zero-order valence-electron chi connectivity index (χ0n) is 10.3. The van der Waals surface area contributed by atoms with E-state index in [1.807, 2.05) is 0 Å². The molecule has 0 aromatic heterocycles. The maximum absolute atomic E-state index is 13.1. The second kappa shape index (κ2) is 4.78. The predicted octanol–water partition coefficient (Wildman–Crippen LogP) is 2.04. The molecule has 1 aliphatic rings. The minimum absolute atomic E-state index is 0.147. The fourth-order valence-electron chi connectivity index (χ4n) is 2.22. The van der Waals surface area contributed by atoms with Crippen molar-refractivity contribution in [2.45, 2.75) is 44.8 Å². The molecule has 0 saturated carbocycles. The number of carboxylic acids is 1. The van der Waals surface area contributed by atoms with Crippen molar-refractivity contribution >= 4 is 11.9 Å². The molecule has 0 radical (unpaired) electrons. The monoisotopic (exact) mass is 267 g/mol. The molecule has 1 heterocycles. The van der Waals surface area contributed by atoms with E-state index in [9.17, 15) is 22.8 Å². The summed E-state index contributed by atoms with van der Waals surface area (Å²) in [4.78, 5) is 23.5. The van der Waals surface area contributed by atoms with Crippen LogP contribution in [0.2, 0.25) is 0 Å². The molecule has 0 spiro atoms. The lowest BCUT2D eigenvalue weighted by Crippen LogP contribution is -2.67. The lowest BCUT2D eigenvalue weighted by atomic mass is 9.85. The molecule has 1 saturated heterocycles. The number of aliphatic carboxylic acids is 1. The first kappa shape index (κ1) is 14.8. The SMILES string of the molecule is CC(C)C(=O)N1CCCCC1(C(=O)O)C(F)(F)F. The van der Waals surface area contributed by atoms with Crippen molar-refractivity contribution in [2.75, 3.05) is 6.54 Å². The number of nitrogens with zero attached hydrogens (tertiary/aromatic N) is 1. The van der Waals surface area contributed by atoms with Gasteiger partial charge in [-0.05, 0) is 19.3 Å². The Hall–Kier alpha value is -1.27. The Balaban J connectivity index is 3.27. The largest absolute Gasteiger partial charge is 0.479 e. The lowest BCUT2D eigenvalue weighted by molar-refractivity contribution is -0.244. The van der Waals surface area contributed by atoms with E-state index in [1.165, 1.54) is 13.8 Å². The molecule has 0 aromatic rings. The van der Waals surface area contributed by atoms with Gasteiger partial charge in [-0.3, -0.25) is 4.79 Å². The summed E-state index contributed by atoms with van der Waals surface area (Å²) < 4.78 is 39.4. The van der Waals surface area contributed by atoms with Crippen LogP contribution < -0.4 is 0 Å². The first-order chi connectivity index (χ1) is 8.14. The highest BCUT2D eigenvalue weighted by Crippen LogP contribution is 2.43. The molecule has 1 atom stereocenters. The van der Waals surface area contributed by atoms with Crippen molar-refractivity contribution in [3.63, 3.8) is 0 Å². The van der Waals surface area contributed by atoms with Gasteiger partial charge in [0.15, 0.2) is 0 Å². The average molecular weight is 267 g/mol. The number of carboxylic acid groups (broad SMARTS) is 1. The zero-order chi connectivity index (χ0) is 14.1. The fourth-order valence-corrected chi connectivity index (χ4v) is 2.22. The molecule has 18 heavy (non-hydrogen) atoms. The third-order valence-corrected chi connectivity index (χ3v) is 3.21. The van der Waals surface area contributed by atoms with E-state index < -0.39 is 35.9 Å². The number of rotatable bonds is 2. The van der Waals surface area contributed by atoms with E-state index >= 15 is 0 Å². The van der Waals surface area contributed by atoms with E-state index in [0.717, 1.165) is 0 Å². The van der Waals surface area contributed by atoms with E-state index in [2.05, 4.69) is 0 Å². The van der Waals surface area contributed by atoms with Gasteiger partial charge in [0.1, 0.15) is 0 Å². The molecule has 1 fully saturated rings. The molecule has 0 aliphatic carbocycles. The van der Waals surface area contributed by atoms with Gasteiger partial charge in [0, 0.05) is 12.5 Å². The standard InChI is InChI=1S/C11H16F3NO3/c1-7(2)8(16)15-6-4-3-5-10(15,9(17)18)11(12,13)14/h7H,3-6H2,1-2H3,(H,17,18). The summed E-state index contributed by atoms with van der Waals surface area (Å²) in [6, 6.07) is 0. The number of hydrogen-bond acceptors (Lipinski definition) is 2. The van der Waals surface area contributed by atoms with Crippen LogP contribution in [0.25, 0.3) is 0 Å². The molecule has 1 unspecified atom stereocenters. The quantitative estimate of drug-likeness (QED) is 0.833. The van der Waals surface area contributed by atoms with Crippen molar-refractivity contribution in [3.05, 3.63) is 0 Å². The van der Waals surface area contributed by atoms with Crippen LogP contribution in [0.5, 0.6) is 0 Å². The third kappa shape index (κ3) is 2.18. The highest BCUT2D eigenvalue weighted by molar-refractivity contribution is 5.89. The first-order valence-electron chi connectivity index (χ1n) is 5.76. The Morgan fingerprint density at radius 1 is 1.28 bits per heavy atom. The molecule has 0 bridgehead atoms. The van der Waals surface area contributed by atoms with Crippen LogP contribution in [0.3, 0.4) is 0 Å². The number of amides is 1. The molecule has 7 heteroatoms. The Kier molecular flexibility index (Phi) is 3.92. The minimum atomic E-state index is -4.97. The highest BCUT2D eigenvalue weighted by Gasteiger charge is 2.66. The predicted molar refractivity (Wildman–Crippen MR) is 56.8 cm³/mol. The Morgan fingerprint density at radius 2 is 1.83 bits per heavy atom. The van der Waals surface area contributed by atoms with E-state index in [1.54, 1.807) is 0 Å². The second-order valence-corrected chi connectivity index (χ2v) is 4.76. The topological polar surface area (TPSA) is 57.6 Å². The zero-order valence-corrected chi connectivity index (χ0v) is 10.3. The number of alkyl halides is 3. The summed E-state index contributed by atoms with van der Waals surface area (Å²) in [6.07, 6.45) is -5.01. The molecule has 1 N–H and O–H groups in total. The van der Waals surface area contributed by atoms with Crippen LogP contribution in [0.1, 0.15) is 33.1 Å². The molecule has 4 nitrogen and oxygen atoms in total. The Labute approximate surface area is 103 Å². The summed E-state index contributed by atoms with van der Waals surface area (Å²) in [5, 5.41) is 9.01. The normalized spacial score (nSPS) is 25.3. The number of piperidine rings is 1. The lowest BCUT2D eigenvalue weighted by Gasteiger charge is -2.45. The summed E-state index contributed by atoms with van der Waals surface area (Å²) in [5.41, 5.74) is -3.06. The van der Waals surface area contributed by atoms with Crippen LogP contribution in [0, 0.1) is 5.92 Å². The van der Waals surface area contributed by atoms with Crippen molar-refractivity contribution in [1.82, 2.24) is 4.90 Å². The smallest absolute Gasteiger partial charge is 0.422 e. The number of carbonyl (C=O) groups excluding carboxylic acids is 1. The van der Waals surface area contributed by atoms with Gasteiger partial charge in [0.05, 0.1) is 0 Å². The number of likely N-dealkylation sites (tertiary alicyclic amines) is 1. The van der Waals surface area contributed by atoms with Gasteiger partial charge < -0.3 is 10.0 Å². The maximum Gasteiger partial charge on any atom is 0.422 e. The van der Waals surface area contributed by atoms with Gasteiger partial charge in [-0.25, -0.2) is 4.79 Å². The van der Waals surface area contributed by atoms with E-state index in [0.29, 0.717) is 11.3 Å². The van der Waals surface area contributed by atoms with Crippen LogP contribution in [0.4, 0.5) is 13.2 Å². The molecular weight excluding hydrogens is 251 g/mol. The Bertz CT molecular complexity index is 354. The number of carbonyl (C=O) groups is 2. The highest BCUT2D eigenvalue weighted by atomic mass is 19.4. The van der Waals surface area contributed by atoms with Crippen molar-refractivity contribution in [3.8, 4) is 0 Å². The summed E-state index contributed by atoms with van der Waals surface area (Å²) in [7, 11) is 0. The molecule has 0 aromatic carbocycles. The van der Waals surface area contributed by atoms with Crippen molar-refractivity contribution in [2.24, 2.45) is 5.92 Å². The maximum atomic E-state index is 13.1. The van der Waals surface area contributed by atoms with E-state index in [-0.39, 0.29) is 13.0 Å². The van der Waals surface area contributed by atoms with Crippen LogP contribution >= 0.6 is 0 Å². The summed E-state index contributed by atoms with van der Waals surface area (Å²) >= 11 is 0. The third-order valence-electron chi connectivity index (χ3n) is 3.21. The van der Waals surface area contributed by atoms with Crippen LogP contribution in [-0.4, -0.2) is 40.1 Å². The van der Waals surface area contributed by atoms with Gasteiger partial charge in [0.2, 0.25) is 11.4 Å². The molecule has 1 amide bonds. The number of hydrogen-bond donors (Lipinski definition) is 1. The fraction of sp³-hybridized carbons (Fsp3) is 0.818. The Morgan fingerprint density at radius 3 is 2.22 bits per heavy atom. The minimum Gasteiger partial charge on any atom is -0.479 e. The van der Waals surface area contributed by atoms with Crippen molar-refractivity contribution in [1.29, 1.82) is 0 Å². The average Bonchev–Trinajstić information content (AvgIpc) is 2.25. The van der Waals surface area contributed by atoms with Crippen LogP contribution in [0.15, 0.2) is 0 Å². The van der Waals surface area contributed by atoms with Crippen LogP contribution in [-0.2, 0) is 9.59 Å². The van der Waals surface area contributed by atoms with Gasteiger partial charge in [-0.2, -0.15) is 13.2 Å². The van der Waals surface area contributed by atoms with Gasteiger partial charge >= 0.3 is 12.1 Å². The number of halogens is 3. The van der Waals surface area contributed by atoms with Crippen molar-refractivity contribution < 1.29 is 27.9 Å². The summed E-state index contributed by atoms with van der Waals surface area (Å²) in [5.74, 6) is -3.43. The molecular formula is C11H16F3NO3. The first-order valence-corrected chi connectivity index (χ1v) is 5.76. The second-order valence-electron chi connectivity index (χ2n) is 4.76. The van der Waals surface area contributed by atoms with Gasteiger partial charge in [0.25, 0.3) is 0 Å². The van der Waals surface area contributed by atoms with Gasteiger partial charge in [-0.15, -0.1) is 0 Å². The summed E-state index contributed by atoms with van der Waals surface area (Å²) in [6.45, 7) is 2.75. The van der Waals surface area contributed by atoms with E-state index in [4.69, 9.17) is 5.11 Å². The molecule has 104 valence electrons. The molecule has 1 aliphatic heterocycles.